The predicted octanol–water partition coefficient (Wildman–Crippen LogP) is 4.26. The molecule has 0 aliphatic heterocycles. The molecule has 0 saturated carbocycles. The maximum absolute atomic E-state index is 11.7. The van der Waals surface area contributed by atoms with Gasteiger partial charge in [0.25, 0.3) is 0 Å². The van der Waals surface area contributed by atoms with Gasteiger partial charge in [-0.3, -0.25) is 4.90 Å². The number of nitrogens with zero attached hydrogens (tertiary/aromatic N) is 3. The van der Waals surface area contributed by atoms with Crippen molar-refractivity contribution in [1.82, 2.24) is 14.5 Å². The van der Waals surface area contributed by atoms with E-state index in [9.17, 15) is 19.8 Å². The van der Waals surface area contributed by atoms with Crippen LogP contribution in [0.25, 0.3) is 0 Å². The molecule has 0 radical (unpaired) electrons. The van der Waals surface area contributed by atoms with Crippen molar-refractivity contribution in [2.24, 2.45) is 5.92 Å². The zero-order chi connectivity index (χ0) is 20.8. The van der Waals surface area contributed by atoms with Gasteiger partial charge in [-0.05, 0) is 24.5 Å². The molecule has 28 heavy (non-hydrogen) atoms. The van der Waals surface area contributed by atoms with Gasteiger partial charge in [0.2, 0.25) is 0 Å². The van der Waals surface area contributed by atoms with Crippen molar-refractivity contribution in [3.8, 4) is 0 Å². The zero-order valence-corrected chi connectivity index (χ0v) is 17.2. The monoisotopic (exact) mass is 427 g/mol. The minimum Gasteiger partial charge on any atom is -0.480 e. The Labute approximate surface area is 173 Å². The number of aliphatic carboxylic acids is 1. The molecule has 0 bridgehead atoms. The van der Waals surface area contributed by atoms with Crippen LogP contribution in [0.5, 0.6) is 0 Å². The second kappa shape index (κ2) is 9.80. The average molecular weight is 428 g/mol. The summed E-state index contributed by atoms with van der Waals surface area (Å²) in [5.41, 5.74) is 1.50. The van der Waals surface area contributed by atoms with E-state index in [2.05, 4.69) is 4.98 Å². The molecule has 1 unspecified atom stereocenters. The number of hydrogen-bond donors (Lipinski definition) is 2. The van der Waals surface area contributed by atoms with E-state index in [1.807, 2.05) is 18.4 Å². The number of benzene rings is 1. The van der Waals surface area contributed by atoms with E-state index in [1.54, 1.807) is 30.7 Å². The van der Waals surface area contributed by atoms with Crippen molar-refractivity contribution in [3.05, 3.63) is 52.0 Å². The summed E-state index contributed by atoms with van der Waals surface area (Å²) in [6.45, 7) is 4.15. The number of carboxylic acid groups (broad SMARTS) is 2. The van der Waals surface area contributed by atoms with E-state index in [1.165, 1.54) is 0 Å². The second-order valence-corrected chi connectivity index (χ2v) is 7.74. The van der Waals surface area contributed by atoms with Gasteiger partial charge in [-0.1, -0.05) is 43.1 Å². The number of aromatic nitrogens is 2. The zero-order valence-electron chi connectivity index (χ0n) is 15.7. The van der Waals surface area contributed by atoms with Crippen molar-refractivity contribution in [1.29, 1.82) is 0 Å². The van der Waals surface area contributed by atoms with Gasteiger partial charge in [0.05, 0.1) is 12.9 Å². The third kappa shape index (κ3) is 5.62. The largest absolute Gasteiger partial charge is 0.480 e. The summed E-state index contributed by atoms with van der Waals surface area (Å²) in [6.07, 6.45) is 2.55. The molecule has 152 valence electrons. The molecule has 1 heterocycles. The number of carbonyl (C=O) groups is 2. The second-order valence-electron chi connectivity index (χ2n) is 6.92. The van der Waals surface area contributed by atoms with Gasteiger partial charge in [-0.2, -0.15) is 0 Å². The molecule has 0 fully saturated rings. The van der Waals surface area contributed by atoms with Gasteiger partial charge >= 0.3 is 12.1 Å². The molecule has 0 saturated heterocycles. The van der Waals surface area contributed by atoms with Crippen LogP contribution in [0.4, 0.5) is 4.79 Å². The van der Waals surface area contributed by atoms with E-state index in [-0.39, 0.29) is 18.9 Å². The lowest BCUT2D eigenvalue weighted by Gasteiger charge is -2.27. The van der Waals surface area contributed by atoms with Gasteiger partial charge in [-0.15, -0.1) is 0 Å². The molecule has 0 aliphatic rings. The van der Waals surface area contributed by atoms with Crippen molar-refractivity contribution in [2.75, 3.05) is 6.54 Å². The summed E-state index contributed by atoms with van der Waals surface area (Å²) < 4.78 is 1.82. The Bertz CT molecular complexity index is 818. The lowest BCUT2D eigenvalue weighted by atomic mass is 10.0. The fourth-order valence-electron chi connectivity index (χ4n) is 2.98. The van der Waals surface area contributed by atoms with Crippen LogP contribution in [-0.2, 0) is 17.8 Å². The smallest absolute Gasteiger partial charge is 0.408 e. The Morgan fingerprint density at radius 3 is 2.39 bits per heavy atom. The van der Waals surface area contributed by atoms with Crippen LogP contribution in [0.3, 0.4) is 0 Å². The van der Waals surface area contributed by atoms with Crippen LogP contribution in [0.1, 0.15) is 31.5 Å². The third-order valence-electron chi connectivity index (χ3n) is 4.40. The van der Waals surface area contributed by atoms with E-state index in [0.717, 1.165) is 16.2 Å². The van der Waals surface area contributed by atoms with Gasteiger partial charge in [0.15, 0.2) is 0 Å². The molecule has 1 aromatic heterocycles. The molecule has 9 heteroatoms. The molecule has 0 spiro atoms. The van der Waals surface area contributed by atoms with Gasteiger partial charge in [0, 0.05) is 40.5 Å². The topological polar surface area (TPSA) is 95.7 Å². The highest BCUT2D eigenvalue weighted by molar-refractivity contribution is 6.35. The molecular formula is C19H23Cl2N3O4. The molecule has 2 N–H and O–H groups in total. The summed E-state index contributed by atoms with van der Waals surface area (Å²) >= 11 is 12.4. The van der Waals surface area contributed by atoms with E-state index >= 15 is 0 Å². The number of amides is 1. The third-order valence-corrected chi connectivity index (χ3v) is 5.11. The summed E-state index contributed by atoms with van der Waals surface area (Å²) in [7, 11) is 0. The first-order valence-electron chi connectivity index (χ1n) is 8.85. The maximum Gasteiger partial charge on any atom is 0.408 e. The van der Waals surface area contributed by atoms with E-state index < -0.39 is 18.1 Å². The fraction of sp³-hybridized carbons (Fsp3) is 0.421. The first-order valence-corrected chi connectivity index (χ1v) is 9.60. The minimum absolute atomic E-state index is 0.0426. The van der Waals surface area contributed by atoms with Crippen LogP contribution < -0.4 is 0 Å². The lowest BCUT2D eigenvalue weighted by molar-refractivity contribution is -0.143. The van der Waals surface area contributed by atoms with Gasteiger partial charge in [0.1, 0.15) is 6.04 Å². The number of imidazole rings is 1. The van der Waals surface area contributed by atoms with E-state index in [4.69, 9.17) is 23.2 Å². The Kier molecular flexibility index (Phi) is 7.71. The Morgan fingerprint density at radius 2 is 1.86 bits per heavy atom. The number of hydrogen-bond acceptors (Lipinski definition) is 3. The quantitative estimate of drug-likeness (QED) is 0.622. The predicted molar refractivity (Wildman–Crippen MR) is 107 cm³/mol. The van der Waals surface area contributed by atoms with Crippen LogP contribution in [0.2, 0.25) is 10.0 Å². The maximum atomic E-state index is 11.7. The first-order chi connectivity index (χ1) is 13.2. The van der Waals surface area contributed by atoms with Gasteiger partial charge in [-0.25, -0.2) is 14.6 Å². The average Bonchev–Trinajstić information content (AvgIpc) is 3.04. The fourth-order valence-corrected chi connectivity index (χ4v) is 3.50. The van der Waals surface area contributed by atoms with Crippen LogP contribution in [0.15, 0.2) is 30.7 Å². The highest BCUT2D eigenvalue weighted by Crippen LogP contribution is 2.25. The van der Waals surface area contributed by atoms with Crippen molar-refractivity contribution in [2.45, 2.75) is 39.3 Å². The van der Waals surface area contributed by atoms with Crippen molar-refractivity contribution >= 4 is 35.3 Å². The molecule has 2 rings (SSSR count). The van der Waals surface area contributed by atoms with Crippen LogP contribution in [-0.4, -0.2) is 49.3 Å². The summed E-state index contributed by atoms with van der Waals surface area (Å²) in [5.74, 6) is -1.09. The van der Waals surface area contributed by atoms with Crippen LogP contribution >= 0.6 is 23.2 Å². The van der Waals surface area contributed by atoms with Gasteiger partial charge < -0.3 is 14.8 Å². The molecule has 1 atom stereocenters. The van der Waals surface area contributed by atoms with Crippen LogP contribution in [0, 0.1) is 5.92 Å². The number of rotatable bonds is 9. The molecule has 2 aromatic rings. The summed E-state index contributed by atoms with van der Waals surface area (Å²) in [4.78, 5) is 28.3. The molecular weight excluding hydrogens is 405 g/mol. The summed E-state index contributed by atoms with van der Waals surface area (Å²) in [5, 5.41) is 20.0. The molecule has 7 nitrogen and oxygen atoms in total. The number of carboxylic acids is 1. The Morgan fingerprint density at radius 1 is 1.21 bits per heavy atom. The van der Waals surface area contributed by atoms with Crippen molar-refractivity contribution in [3.63, 3.8) is 0 Å². The Balaban J connectivity index is 2.16. The Hall–Kier alpha value is -2.25. The standard InChI is InChI=1S/C19H23Cl2N3O4/c1-12(2)8-17(18(25)26)24(19(27)28)7-6-13-9-22-11-23(13)10-14-15(20)4-3-5-16(14)21/h3-5,9,11-12,17H,6-8,10H2,1-2H3,(H,25,26)(H,27,28). The SMILES string of the molecule is CC(C)CC(C(=O)O)N(CCc1cncn1Cc1c(Cl)cccc1Cl)C(=O)O. The molecule has 1 aromatic carbocycles. The normalized spacial score (nSPS) is 12.2. The highest BCUT2D eigenvalue weighted by Gasteiger charge is 2.30. The lowest BCUT2D eigenvalue weighted by Crippen LogP contribution is -2.46. The highest BCUT2D eigenvalue weighted by atomic mass is 35.5. The van der Waals surface area contributed by atoms with Crippen molar-refractivity contribution < 1.29 is 19.8 Å². The van der Waals surface area contributed by atoms with E-state index in [0.29, 0.717) is 23.0 Å². The minimum atomic E-state index is -1.26. The number of halogens is 2. The first kappa shape index (κ1) is 22.0. The summed E-state index contributed by atoms with van der Waals surface area (Å²) in [6, 6.07) is 4.16. The molecule has 1 amide bonds. The molecule has 0 aliphatic carbocycles.